The van der Waals surface area contributed by atoms with E-state index >= 15 is 0 Å². The van der Waals surface area contributed by atoms with E-state index in [1.807, 2.05) is 0 Å². The number of nitrogens with one attached hydrogen (secondary N) is 1. The average molecular weight is 365 g/mol. The quantitative estimate of drug-likeness (QED) is 0.874. The maximum Gasteiger partial charge on any atom is 0.150 e. The highest BCUT2D eigenvalue weighted by Gasteiger charge is 2.12. The first-order valence-corrected chi connectivity index (χ1v) is 6.03. The molecule has 0 aliphatic carbocycles. The van der Waals surface area contributed by atoms with Gasteiger partial charge < -0.3 is 5.32 Å². The standard InChI is InChI=1S/C10H5Br2F2N3/c11-5-1-7(13)9(8(14)2-5)17-10-6(12)3-15-4-16-10/h1-4H,(H,15,16,17). The van der Waals surface area contributed by atoms with Crippen LogP contribution in [0.2, 0.25) is 0 Å². The van der Waals surface area contributed by atoms with E-state index in [0.717, 1.165) is 0 Å². The summed E-state index contributed by atoms with van der Waals surface area (Å²) in [5, 5.41) is 2.57. The van der Waals surface area contributed by atoms with E-state index in [0.29, 0.717) is 14.8 Å². The van der Waals surface area contributed by atoms with Crippen molar-refractivity contribution in [3.63, 3.8) is 0 Å². The van der Waals surface area contributed by atoms with Crippen molar-refractivity contribution in [3.05, 3.63) is 45.2 Å². The van der Waals surface area contributed by atoms with Gasteiger partial charge >= 0.3 is 0 Å². The van der Waals surface area contributed by atoms with Gasteiger partial charge in [0.15, 0.2) is 11.6 Å². The number of hydrogen-bond donors (Lipinski definition) is 1. The van der Waals surface area contributed by atoms with Crippen LogP contribution in [0.25, 0.3) is 0 Å². The third kappa shape index (κ3) is 2.78. The van der Waals surface area contributed by atoms with Crippen LogP contribution in [0, 0.1) is 11.6 Å². The molecule has 0 saturated heterocycles. The van der Waals surface area contributed by atoms with Gasteiger partial charge in [0.05, 0.1) is 4.47 Å². The van der Waals surface area contributed by atoms with E-state index in [4.69, 9.17) is 0 Å². The van der Waals surface area contributed by atoms with E-state index in [-0.39, 0.29) is 5.69 Å². The van der Waals surface area contributed by atoms with Crippen molar-refractivity contribution >= 4 is 43.4 Å². The van der Waals surface area contributed by atoms with Gasteiger partial charge in [0, 0.05) is 10.7 Å². The molecule has 0 unspecified atom stereocenters. The summed E-state index contributed by atoms with van der Waals surface area (Å²) in [6.45, 7) is 0. The summed E-state index contributed by atoms with van der Waals surface area (Å²) in [7, 11) is 0. The minimum atomic E-state index is -0.706. The number of benzene rings is 1. The molecule has 0 radical (unpaired) electrons. The molecule has 0 amide bonds. The normalized spacial score (nSPS) is 10.4. The van der Waals surface area contributed by atoms with Crippen LogP contribution in [0.3, 0.4) is 0 Å². The van der Waals surface area contributed by atoms with E-state index < -0.39 is 11.6 Å². The maximum atomic E-state index is 13.5. The van der Waals surface area contributed by atoms with E-state index in [2.05, 4.69) is 47.1 Å². The number of rotatable bonds is 2. The molecule has 0 aliphatic heterocycles. The van der Waals surface area contributed by atoms with Gasteiger partial charge in [-0.2, -0.15) is 0 Å². The van der Waals surface area contributed by atoms with Crippen LogP contribution in [0.4, 0.5) is 20.3 Å². The summed E-state index contributed by atoms with van der Waals surface area (Å²) in [5.41, 5.74) is -0.257. The lowest BCUT2D eigenvalue weighted by atomic mass is 10.3. The highest BCUT2D eigenvalue weighted by Crippen LogP contribution is 2.28. The Morgan fingerprint density at radius 1 is 1.12 bits per heavy atom. The summed E-state index contributed by atoms with van der Waals surface area (Å²) in [4.78, 5) is 7.62. The van der Waals surface area contributed by atoms with Crippen molar-refractivity contribution in [3.8, 4) is 0 Å². The topological polar surface area (TPSA) is 37.8 Å². The predicted molar refractivity (Wildman–Crippen MR) is 67.1 cm³/mol. The molecule has 0 bridgehead atoms. The Kier molecular flexibility index (Phi) is 3.68. The Hall–Kier alpha value is -1.08. The molecule has 17 heavy (non-hydrogen) atoms. The van der Waals surface area contributed by atoms with E-state index in [1.165, 1.54) is 24.7 Å². The molecule has 0 saturated carbocycles. The summed E-state index contributed by atoms with van der Waals surface area (Å²) in [6.07, 6.45) is 2.76. The number of anilines is 2. The molecule has 88 valence electrons. The van der Waals surface area contributed by atoms with Crippen LogP contribution in [0.1, 0.15) is 0 Å². The van der Waals surface area contributed by atoms with Gasteiger partial charge in [-0.3, -0.25) is 0 Å². The van der Waals surface area contributed by atoms with Crippen molar-refractivity contribution in [2.75, 3.05) is 5.32 Å². The first-order chi connectivity index (χ1) is 8.08. The SMILES string of the molecule is Fc1cc(Br)cc(F)c1Nc1ncncc1Br. The second-order valence-corrected chi connectivity index (χ2v) is 4.86. The van der Waals surface area contributed by atoms with Gasteiger partial charge in [0.25, 0.3) is 0 Å². The Balaban J connectivity index is 2.40. The van der Waals surface area contributed by atoms with Gasteiger partial charge in [-0.1, -0.05) is 15.9 Å². The molecule has 1 N–H and O–H groups in total. The largest absolute Gasteiger partial charge is 0.334 e. The predicted octanol–water partition coefficient (Wildman–Crippen LogP) is 4.02. The van der Waals surface area contributed by atoms with Gasteiger partial charge in [-0.25, -0.2) is 18.7 Å². The van der Waals surface area contributed by atoms with Crippen molar-refractivity contribution in [1.29, 1.82) is 0 Å². The fourth-order valence-corrected chi connectivity index (χ4v) is 1.91. The Labute approximate surface area is 113 Å². The lowest BCUT2D eigenvalue weighted by Gasteiger charge is -2.09. The molecular weight excluding hydrogens is 360 g/mol. The summed E-state index contributed by atoms with van der Waals surface area (Å²) in [5.74, 6) is -1.12. The molecule has 2 aromatic rings. The molecule has 1 heterocycles. The van der Waals surface area contributed by atoms with Crippen molar-refractivity contribution in [1.82, 2.24) is 9.97 Å². The van der Waals surface area contributed by atoms with Crippen molar-refractivity contribution in [2.45, 2.75) is 0 Å². The van der Waals surface area contributed by atoms with Gasteiger partial charge in [-0.05, 0) is 28.1 Å². The fraction of sp³-hybridized carbons (Fsp3) is 0. The van der Waals surface area contributed by atoms with Crippen LogP contribution in [-0.4, -0.2) is 9.97 Å². The highest BCUT2D eigenvalue weighted by atomic mass is 79.9. The third-order valence-electron chi connectivity index (χ3n) is 1.92. The first-order valence-electron chi connectivity index (χ1n) is 4.45. The number of nitrogens with zero attached hydrogens (tertiary/aromatic N) is 2. The molecule has 0 atom stereocenters. The zero-order chi connectivity index (χ0) is 12.4. The molecule has 1 aromatic heterocycles. The molecule has 0 spiro atoms. The molecule has 0 fully saturated rings. The lowest BCUT2D eigenvalue weighted by Crippen LogP contribution is -2.00. The first kappa shape index (κ1) is 12.4. The molecule has 3 nitrogen and oxygen atoms in total. The zero-order valence-corrected chi connectivity index (χ0v) is 11.4. The minimum absolute atomic E-state index is 0.257. The lowest BCUT2D eigenvalue weighted by molar-refractivity contribution is 0.589. The van der Waals surface area contributed by atoms with Crippen LogP contribution in [0.5, 0.6) is 0 Å². The fourth-order valence-electron chi connectivity index (χ4n) is 1.18. The van der Waals surface area contributed by atoms with E-state index in [1.54, 1.807) is 0 Å². The van der Waals surface area contributed by atoms with Crippen molar-refractivity contribution in [2.24, 2.45) is 0 Å². The number of aromatic nitrogens is 2. The van der Waals surface area contributed by atoms with Crippen molar-refractivity contribution < 1.29 is 8.78 Å². The third-order valence-corrected chi connectivity index (χ3v) is 2.96. The Morgan fingerprint density at radius 2 is 1.76 bits per heavy atom. The number of halogens is 4. The average Bonchev–Trinajstić information content (AvgIpc) is 2.25. The van der Waals surface area contributed by atoms with Crippen LogP contribution < -0.4 is 5.32 Å². The summed E-state index contributed by atoms with van der Waals surface area (Å²) in [6, 6.07) is 2.33. The van der Waals surface area contributed by atoms with Crippen LogP contribution in [-0.2, 0) is 0 Å². The van der Waals surface area contributed by atoms with Crippen LogP contribution >= 0.6 is 31.9 Å². The second-order valence-electron chi connectivity index (χ2n) is 3.09. The van der Waals surface area contributed by atoms with Gasteiger partial charge in [0.2, 0.25) is 0 Å². The maximum absolute atomic E-state index is 13.5. The second kappa shape index (κ2) is 5.05. The minimum Gasteiger partial charge on any atom is -0.334 e. The smallest absolute Gasteiger partial charge is 0.150 e. The molecule has 1 aromatic carbocycles. The molecular formula is C10H5Br2F2N3. The summed E-state index contributed by atoms with van der Waals surface area (Å²) < 4.78 is 27.9. The van der Waals surface area contributed by atoms with Gasteiger partial charge in [-0.15, -0.1) is 0 Å². The Bertz CT molecular complexity index is 540. The Morgan fingerprint density at radius 3 is 2.35 bits per heavy atom. The number of hydrogen-bond acceptors (Lipinski definition) is 3. The van der Waals surface area contributed by atoms with Crippen LogP contribution in [0.15, 0.2) is 33.6 Å². The van der Waals surface area contributed by atoms with E-state index in [9.17, 15) is 8.78 Å². The zero-order valence-electron chi connectivity index (χ0n) is 8.22. The monoisotopic (exact) mass is 363 g/mol. The molecule has 2 rings (SSSR count). The molecule has 7 heteroatoms. The van der Waals surface area contributed by atoms with Gasteiger partial charge in [0.1, 0.15) is 17.8 Å². The highest BCUT2D eigenvalue weighted by molar-refractivity contribution is 9.10. The molecule has 0 aliphatic rings. The summed E-state index contributed by atoms with van der Waals surface area (Å²) >= 11 is 6.18.